The van der Waals surface area contributed by atoms with Crippen molar-refractivity contribution in [2.75, 3.05) is 26.5 Å². The van der Waals surface area contributed by atoms with Gasteiger partial charge in [-0.15, -0.1) is 11.8 Å². The van der Waals surface area contributed by atoms with Gasteiger partial charge < -0.3 is 25.1 Å². The number of aliphatic imine (C=N–C) groups is 1. The van der Waals surface area contributed by atoms with E-state index in [-0.39, 0.29) is 34.6 Å². The average molecular weight is 572 g/mol. The Morgan fingerprint density at radius 1 is 1.23 bits per heavy atom. The molecule has 210 valence electrons. The van der Waals surface area contributed by atoms with Crippen molar-refractivity contribution in [3.63, 3.8) is 0 Å². The lowest BCUT2D eigenvalue weighted by Gasteiger charge is -2.22. The molecule has 1 aliphatic heterocycles. The summed E-state index contributed by atoms with van der Waals surface area (Å²) >= 11 is 1.52. The molecule has 0 fully saturated rings. The number of nitrogens with two attached hydrogens (primary N) is 1. The van der Waals surface area contributed by atoms with Gasteiger partial charge in [-0.05, 0) is 55.6 Å². The van der Waals surface area contributed by atoms with Gasteiger partial charge in [0.2, 0.25) is 11.6 Å². The smallest absolute Gasteiger partial charge is 0.305 e. The summed E-state index contributed by atoms with van der Waals surface area (Å²) in [5.74, 6) is -4.03. The topological polar surface area (TPSA) is 143 Å². The summed E-state index contributed by atoms with van der Waals surface area (Å²) in [6.45, 7) is 0.583. The first kappa shape index (κ1) is 28.8. The summed E-state index contributed by atoms with van der Waals surface area (Å²) in [5, 5.41) is 17.7. The van der Waals surface area contributed by atoms with E-state index >= 15 is 4.39 Å². The number of aromatic hydroxyl groups is 1. The molecule has 1 atom stereocenters. The lowest BCUT2D eigenvalue weighted by molar-refractivity contribution is -0.140. The number of phenolic OH excluding ortho intramolecular Hbond substituents is 1. The number of nitrogen functional groups attached to an aromatic ring is 1. The van der Waals surface area contributed by atoms with Crippen LogP contribution in [0, 0.1) is 17.0 Å². The fourth-order valence-electron chi connectivity index (χ4n) is 3.80. The number of nitrogens with zero attached hydrogens (tertiary/aromatic N) is 3. The minimum atomic E-state index is -1.23. The predicted molar refractivity (Wildman–Crippen MR) is 146 cm³/mol. The van der Waals surface area contributed by atoms with Gasteiger partial charge in [0.1, 0.15) is 17.8 Å². The first-order chi connectivity index (χ1) is 19.2. The largest absolute Gasteiger partial charge is 0.504 e. The molecule has 4 rings (SSSR count). The number of thioether (sulfide) groups is 1. The van der Waals surface area contributed by atoms with Crippen molar-refractivity contribution in [1.82, 2.24) is 9.88 Å². The fourth-order valence-corrected chi connectivity index (χ4v) is 4.70. The number of ether oxygens (including phenoxy) is 3. The molecule has 1 aromatic heterocycles. The maximum absolute atomic E-state index is 15.5. The van der Waals surface area contributed by atoms with Crippen LogP contribution in [0.15, 0.2) is 52.5 Å². The number of esters is 1. The number of carbonyl (C=O) groups excluding carboxylic acids is 1. The number of rotatable bonds is 11. The third-order valence-corrected chi connectivity index (χ3v) is 6.98. The molecule has 0 saturated heterocycles. The molecule has 2 heterocycles. The second kappa shape index (κ2) is 12.7. The Morgan fingerprint density at radius 2 is 2.02 bits per heavy atom. The van der Waals surface area contributed by atoms with Crippen LogP contribution >= 0.6 is 11.8 Å². The Hall–Kier alpha value is -4.23. The molecule has 3 aromatic rings. The number of benzene rings is 2. The Morgan fingerprint density at radius 3 is 2.73 bits per heavy atom. The number of hydrogen-bond donors (Lipinski definition) is 3. The Kier molecular flexibility index (Phi) is 9.17. The molecule has 1 unspecified atom stereocenters. The molecule has 0 saturated carbocycles. The minimum Gasteiger partial charge on any atom is -0.504 e. The molecule has 10 nitrogen and oxygen atoms in total. The number of halogens is 2. The summed E-state index contributed by atoms with van der Waals surface area (Å²) in [7, 11) is 3.21. The summed E-state index contributed by atoms with van der Waals surface area (Å²) in [5.41, 5.74) is 6.28. The maximum atomic E-state index is 15.5. The van der Waals surface area contributed by atoms with Crippen LogP contribution in [0.5, 0.6) is 28.9 Å². The number of methoxy groups -OCH3 is 1. The van der Waals surface area contributed by atoms with E-state index in [4.69, 9.17) is 20.6 Å². The number of aromatic nitrogens is 1. The zero-order chi connectivity index (χ0) is 28.8. The number of nitrogens with one attached hydrogen (secondary N) is 1. The van der Waals surface area contributed by atoms with Crippen LogP contribution in [0.3, 0.4) is 0 Å². The van der Waals surface area contributed by atoms with Crippen LogP contribution in [0.1, 0.15) is 30.1 Å². The highest BCUT2D eigenvalue weighted by Gasteiger charge is 2.26. The van der Waals surface area contributed by atoms with E-state index < -0.39 is 29.4 Å². The normalized spacial score (nSPS) is 14.8. The summed E-state index contributed by atoms with van der Waals surface area (Å²) < 4.78 is 46.1. The van der Waals surface area contributed by atoms with Crippen molar-refractivity contribution in [3.8, 4) is 28.9 Å². The summed E-state index contributed by atoms with van der Waals surface area (Å²) in [6.07, 6.45) is 2.96. The molecule has 1 aliphatic rings. The van der Waals surface area contributed by atoms with Gasteiger partial charge in [0.05, 0.1) is 13.3 Å². The van der Waals surface area contributed by atoms with Crippen molar-refractivity contribution in [2.24, 2.45) is 10.7 Å². The number of amidine groups is 1. The highest BCUT2D eigenvalue weighted by atomic mass is 32.2. The van der Waals surface area contributed by atoms with Gasteiger partial charge >= 0.3 is 5.97 Å². The fraction of sp³-hybridized carbons (Fsp3) is 0.259. The lowest BCUT2D eigenvalue weighted by atomic mass is 10.1. The van der Waals surface area contributed by atoms with Gasteiger partial charge in [0.25, 0.3) is 5.88 Å². The number of pyridine rings is 1. The van der Waals surface area contributed by atoms with Crippen LogP contribution < -0.4 is 15.2 Å². The zero-order valence-electron chi connectivity index (χ0n) is 21.7. The second-order valence-corrected chi connectivity index (χ2v) is 9.90. The van der Waals surface area contributed by atoms with Crippen LogP contribution in [0.2, 0.25) is 0 Å². The molecular weight excluding hydrogens is 544 g/mol. The molecule has 13 heteroatoms. The highest BCUT2D eigenvalue weighted by Crippen LogP contribution is 2.41. The standard InChI is InChI=1S/C27H27F2N5O5S/c1-34-10-9-32-26(34)17-13-16(40-11-3-4-22(36)37-2)6-8-20(17)38-24-18(28)14-33-27(23(24)29)39-21-12-15(25(30)31)5-7-19(21)35/h5-9,12-14,26,35H,3-4,10-11H2,1-2H3,(H3,30,31). The second-order valence-electron chi connectivity index (χ2n) is 8.73. The van der Waals surface area contributed by atoms with Crippen LogP contribution in [-0.2, 0) is 9.53 Å². The van der Waals surface area contributed by atoms with E-state index in [2.05, 4.69) is 14.7 Å². The van der Waals surface area contributed by atoms with Gasteiger partial charge in [-0.25, -0.2) is 9.37 Å². The Bertz CT molecular complexity index is 1460. The van der Waals surface area contributed by atoms with Crippen molar-refractivity contribution in [3.05, 3.63) is 65.4 Å². The van der Waals surface area contributed by atoms with Gasteiger partial charge in [-0.1, -0.05) is 0 Å². The van der Waals surface area contributed by atoms with Gasteiger partial charge in [0.15, 0.2) is 17.3 Å². The van der Waals surface area contributed by atoms with Crippen molar-refractivity contribution >= 4 is 29.8 Å². The molecule has 0 amide bonds. The summed E-state index contributed by atoms with van der Waals surface area (Å²) in [6, 6.07) is 9.03. The summed E-state index contributed by atoms with van der Waals surface area (Å²) in [4.78, 5) is 22.3. The highest BCUT2D eigenvalue weighted by molar-refractivity contribution is 7.99. The molecule has 0 bridgehead atoms. The Balaban J connectivity index is 1.62. The third-order valence-electron chi connectivity index (χ3n) is 5.90. The molecule has 0 aliphatic carbocycles. The van der Waals surface area contributed by atoms with Gasteiger partial charge in [-0.2, -0.15) is 4.39 Å². The van der Waals surface area contributed by atoms with Crippen molar-refractivity contribution < 1.29 is 32.9 Å². The van der Waals surface area contributed by atoms with E-state index in [0.29, 0.717) is 30.7 Å². The van der Waals surface area contributed by atoms with Crippen LogP contribution in [0.25, 0.3) is 0 Å². The molecule has 40 heavy (non-hydrogen) atoms. The van der Waals surface area contributed by atoms with Crippen LogP contribution in [-0.4, -0.2) is 59.5 Å². The molecule has 4 N–H and O–H groups in total. The molecular formula is C27H27F2N5O5S. The molecule has 0 radical (unpaired) electrons. The van der Waals surface area contributed by atoms with E-state index in [9.17, 15) is 14.3 Å². The van der Waals surface area contributed by atoms with Crippen molar-refractivity contribution in [1.29, 1.82) is 5.41 Å². The first-order valence-electron chi connectivity index (χ1n) is 12.1. The number of phenols is 1. The third kappa shape index (κ3) is 6.66. The average Bonchev–Trinajstić information content (AvgIpc) is 3.37. The van der Waals surface area contributed by atoms with E-state index in [1.807, 2.05) is 18.0 Å². The minimum absolute atomic E-state index is 0.172. The van der Waals surface area contributed by atoms with E-state index in [1.165, 1.54) is 37.1 Å². The predicted octanol–water partition coefficient (Wildman–Crippen LogP) is 4.99. The maximum Gasteiger partial charge on any atom is 0.305 e. The zero-order valence-corrected chi connectivity index (χ0v) is 22.5. The van der Waals surface area contributed by atoms with Gasteiger partial charge in [0, 0.05) is 35.2 Å². The van der Waals surface area contributed by atoms with Crippen LogP contribution in [0.4, 0.5) is 8.78 Å². The SMILES string of the molecule is COC(=O)CCCSc1ccc(Oc2c(F)cnc(Oc3cc(C(=N)N)ccc3O)c2F)c(C2N=CCN2C)c1. The van der Waals surface area contributed by atoms with E-state index in [0.717, 1.165) is 11.1 Å². The van der Waals surface area contributed by atoms with E-state index in [1.54, 1.807) is 18.3 Å². The lowest BCUT2D eigenvalue weighted by Crippen LogP contribution is -2.19. The molecule has 0 spiro atoms. The number of carbonyl (C=O) groups is 1. The Labute approximate surface area is 233 Å². The molecule has 2 aromatic carbocycles. The number of hydrogen-bond acceptors (Lipinski definition) is 10. The first-order valence-corrected chi connectivity index (χ1v) is 13.1. The monoisotopic (exact) mass is 571 g/mol. The quantitative estimate of drug-likeness (QED) is 0.0953. The van der Waals surface area contributed by atoms with Crippen molar-refractivity contribution in [2.45, 2.75) is 23.9 Å². The van der Waals surface area contributed by atoms with Gasteiger partial charge in [-0.3, -0.25) is 20.1 Å².